The molecule has 0 bridgehead atoms. The first-order valence-corrected chi connectivity index (χ1v) is 13.1. The molecule has 0 aromatic heterocycles. The predicted octanol–water partition coefficient (Wildman–Crippen LogP) is 6.74. The molecule has 2 N–H and O–H groups in total. The first-order valence-electron chi connectivity index (χ1n) is 13.1. The number of hydrogen-bond acceptors (Lipinski definition) is 3. The summed E-state index contributed by atoms with van der Waals surface area (Å²) in [5.74, 6) is 0.0851. The molecule has 0 atom stereocenters. The highest BCUT2D eigenvalue weighted by molar-refractivity contribution is 6.06. The normalized spacial score (nSPS) is 13.9. The summed E-state index contributed by atoms with van der Waals surface area (Å²) in [5.41, 5.74) is 4.60. The summed E-state index contributed by atoms with van der Waals surface area (Å²) in [6.07, 6.45) is 0. The van der Waals surface area contributed by atoms with Crippen molar-refractivity contribution < 1.29 is 9.59 Å². The minimum absolute atomic E-state index is 0.0683. The van der Waals surface area contributed by atoms with Gasteiger partial charge in [0.1, 0.15) is 0 Å². The molecule has 38 heavy (non-hydrogen) atoms. The van der Waals surface area contributed by atoms with Crippen molar-refractivity contribution in [3.05, 3.63) is 102 Å². The molecule has 4 aromatic carbocycles. The number of hydrogen-bond donors (Lipinski definition) is 2. The van der Waals surface area contributed by atoms with Gasteiger partial charge in [-0.3, -0.25) is 4.79 Å². The molecule has 1 aliphatic heterocycles. The van der Waals surface area contributed by atoms with Crippen LogP contribution in [0.1, 0.15) is 36.7 Å². The van der Waals surface area contributed by atoms with Gasteiger partial charge in [-0.15, -0.1) is 0 Å². The van der Waals surface area contributed by atoms with Crippen molar-refractivity contribution in [2.45, 2.75) is 26.2 Å². The van der Waals surface area contributed by atoms with Gasteiger partial charge in [-0.05, 0) is 58.8 Å². The maximum Gasteiger partial charge on any atom is 0.323 e. The van der Waals surface area contributed by atoms with E-state index in [9.17, 15) is 9.59 Å². The minimum Gasteiger partial charge on any atom is -0.368 e. The molecule has 194 valence electrons. The predicted molar refractivity (Wildman–Crippen MR) is 156 cm³/mol. The minimum atomic E-state index is -0.281. The van der Waals surface area contributed by atoms with Gasteiger partial charge < -0.3 is 20.4 Å². The van der Waals surface area contributed by atoms with E-state index in [1.54, 1.807) is 0 Å². The third-order valence-corrected chi connectivity index (χ3v) is 7.09. The second-order valence-electron chi connectivity index (χ2n) is 10.8. The molecular formula is C32H34N4O2. The molecule has 6 nitrogen and oxygen atoms in total. The van der Waals surface area contributed by atoms with Gasteiger partial charge in [-0.2, -0.15) is 0 Å². The van der Waals surface area contributed by atoms with E-state index in [2.05, 4.69) is 48.4 Å². The molecule has 5 rings (SSSR count). The molecule has 6 heteroatoms. The van der Waals surface area contributed by atoms with Crippen LogP contribution in [0, 0.1) is 0 Å². The summed E-state index contributed by atoms with van der Waals surface area (Å²) in [6.45, 7) is 9.40. The number of nitrogens with zero attached hydrogens (tertiary/aromatic N) is 2. The van der Waals surface area contributed by atoms with Crippen molar-refractivity contribution in [1.29, 1.82) is 0 Å². The molecule has 0 unspecified atom stereocenters. The quantitative estimate of drug-likeness (QED) is 0.322. The fourth-order valence-corrected chi connectivity index (χ4v) is 4.84. The van der Waals surface area contributed by atoms with Crippen molar-refractivity contribution in [3.63, 3.8) is 0 Å². The van der Waals surface area contributed by atoms with E-state index >= 15 is 0 Å². The first kappa shape index (κ1) is 25.3. The Bertz CT molecular complexity index is 1430. The van der Waals surface area contributed by atoms with Crippen LogP contribution in [0.15, 0.2) is 91.0 Å². The highest BCUT2D eigenvalue weighted by atomic mass is 16.2. The lowest BCUT2D eigenvalue weighted by molar-refractivity contribution is 0.0746. The van der Waals surface area contributed by atoms with Crippen molar-refractivity contribution in [1.82, 2.24) is 4.90 Å². The number of amides is 3. The zero-order valence-electron chi connectivity index (χ0n) is 22.2. The number of urea groups is 1. The lowest BCUT2D eigenvalue weighted by Crippen LogP contribution is -2.48. The average molecular weight is 507 g/mol. The van der Waals surface area contributed by atoms with Gasteiger partial charge in [0.2, 0.25) is 0 Å². The van der Waals surface area contributed by atoms with Crippen molar-refractivity contribution in [2.24, 2.45) is 0 Å². The highest BCUT2D eigenvalue weighted by Gasteiger charge is 2.23. The Morgan fingerprint density at radius 2 is 1.37 bits per heavy atom. The van der Waals surface area contributed by atoms with Gasteiger partial charge in [0.25, 0.3) is 5.91 Å². The van der Waals surface area contributed by atoms with Gasteiger partial charge in [0.05, 0.1) is 5.69 Å². The van der Waals surface area contributed by atoms with E-state index in [-0.39, 0.29) is 17.4 Å². The van der Waals surface area contributed by atoms with Crippen LogP contribution in [-0.2, 0) is 5.41 Å². The Hall–Kier alpha value is -4.32. The van der Waals surface area contributed by atoms with Crippen LogP contribution in [0.3, 0.4) is 0 Å². The number of carbonyl (C=O) groups excluding carboxylic acids is 2. The average Bonchev–Trinajstić information content (AvgIpc) is 2.93. The third-order valence-electron chi connectivity index (χ3n) is 7.09. The Morgan fingerprint density at radius 1 is 0.711 bits per heavy atom. The summed E-state index contributed by atoms with van der Waals surface area (Å²) >= 11 is 0. The van der Waals surface area contributed by atoms with Crippen LogP contribution in [0.4, 0.5) is 21.9 Å². The molecule has 0 aliphatic carbocycles. The van der Waals surface area contributed by atoms with Crippen molar-refractivity contribution in [3.8, 4) is 0 Å². The van der Waals surface area contributed by atoms with Crippen LogP contribution in [0.2, 0.25) is 0 Å². The molecule has 0 radical (unpaired) electrons. The van der Waals surface area contributed by atoms with Gasteiger partial charge in [-0.1, -0.05) is 69.3 Å². The van der Waals surface area contributed by atoms with Crippen LogP contribution in [-0.4, -0.2) is 43.0 Å². The standard InChI is InChI=1S/C32H34N4O2/c1-32(2,3)25-13-11-24(12-14-25)30(37)36-21-19-35(20-22-36)27-17-15-26(16-18-27)33-31(38)34-29-10-6-8-23-7-4-5-9-28(23)29/h4-18H,19-22H2,1-3H3,(H2,33,34,38). The summed E-state index contributed by atoms with van der Waals surface area (Å²) in [5, 5.41) is 7.95. The first-order chi connectivity index (χ1) is 18.3. The Kier molecular flexibility index (Phi) is 7.05. The third kappa shape index (κ3) is 5.65. The molecule has 0 spiro atoms. The molecule has 1 aliphatic rings. The van der Waals surface area contributed by atoms with Gasteiger partial charge >= 0.3 is 6.03 Å². The van der Waals surface area contributed by atoms with Crippen LogP contribution < -0.4 is 15.5 Å². The lowest BCUT2D eigenvalue weighted by Gasteiger charge is -2.36. The second kappa shape index (κ2) is 10.6. The van der Waals surface area contributed by atoms with Crippen molar-refractivity contribution >= 4 is 39.8 Å². The van der Waals surface area contributed by atoms with Crippen LogP contribution in [0.5, 0.6) is 0 Å². The number of fused-ring (bicyclic) bond motifs is 1. The van der Waals surface area contributed by atoms with Crippen molar-refractivity contribution in [2.75, 3.05) is 41.7 Å². The number of nitrogens with one attached hydrogen (secondary N) is 2. The summed E-state index contributed by atoms with van der Waals surface area (Å²) in [4.78, 5) is 29.8. The monoisotopic (exact) mass is 506 g/mol. The fourth-order valence-electron chi connectivity index (χ4n) is 4.84. The van der Waals surface area contributed by atoms with E-state index < -0.39 is 0 Å². The number of rotatable bonds is 4. The number of benzene rings is 4. The van der Waals surface area contributed by atoms with E-state index in [1.165, 1.54) is 5.56 Å². The molecule has 1 heterocycles. The zero-order chi connectivity index (χ0) is 26.7. The topological polar surface area (TPSA) is 64.7 Å². The van der Waals surface area contributed by atoms with E-state index in [0.717, 1.165) is 46.5 Å². The number of anilines is 3. The summed E-state index contributed by atoms with van der Waals surface area (Å²) < 4.78 is 0. The van der Waals surface area contributed by atoms with Gasteiger partial charge in [0, 0.05) is 48.5 Å². The molecular weight excluding hydrogens is 472 g/mol. The molecule has 4 aromatic rings. The number of carbonyl (C=O) groups is 2. The summed E-state index contributed by atoms with van der Waals surface area (Å²) in [7, 11) is 0. The zero-order valence-corrected chi connectivity index (χ0v) is 22.2. The largest absolute Gasteiger partial charge is 0.368 e. The Morgan fingerprint density at radius 3 is 2.05 bits per heavy atom. The smallest absolute Gasteiger partial charge is 0.323 e. The van der Waals surface area contributed by atoms with Gasteiger partial charge in [0.15, 0.2) is 0 Å². The number of piperazine rings is 1. The van der Waals surface area contributed by atoms with Gasteiger partial charge in [-0.25, -0.2) is 4.79 Å². The lowest BCUT2D eigenvalue weighted by atomic mass is 9.86. The van der Waals surface area contributed by atoms with E-state index in [0.29, 0.717) is 13.1 Å². The van der Waals surface area contributed by atoms with E-state index in [1.807, 2.05) is 83.8 Å². The maximum atomic E-state index is 13.0. The highest BCUT2D eigenvalue weighted by Crippen LogP contribution is 2.25. The maximum absolute atomic E-state index is 13.0. The van der Waals surface area contributed by atoms with E-state index in [4.69, 9.17) is 0 Å². The Labute approximate surface area is 224 Å². The van der Waals surface area contributed by atoms with Crippen LogP contribution >= 0.6 is 0 Å². The molecule has 0 saturated carbocycles. The fraction of sp³-hybridized carbons (Fsp3) is 0.250. The molecule has 1 fully saturated rings. The molecule has 3 amide bonds. The Balaban J connectivity index is 1.15. The SMILES string of the molecule is CC(C)(C)c1ccc(C(=O)N2CCN(c3ccc(NC(=O)Nc4cccc5ccccc45)cc3)CC2)cc1. The summed E-state index contributed by atoms with van der Waals surface area (Å²) in [6, 6.07) is 29.4. The molecule has 1 saturated heterocycles. The second-order valence-corrected chi connectivity index (χ2v) is 10.8. The van der Waals surface area contributed by atoms with Crippen LogP contribution in [0.25, 0.3) is 10.8 Å².